The quantitative estimate of drug-likeness (QED) is 0.224. The summed E-state index contributed by atoms with van der Waals surface area (Å²) >= 11 is 6.03. The van der Waals surface area contributed by atoms with Gasteiger partial charge in [-0.25, -0.2) is 9.78 Å². The number of aliphatic hydroxyl groups excluding tert-OH is 1. The lowest BCUT2D eigenvalue weighted by atomic mass is 10.1. The molecule has 0 saturated carbocycles. The van der Waals surface area contributed by atoms with E-state index in [2.05, 4.69) is 30.9 Å². The van der Waals surface area contributed by atoms with Gasteiger partial charge in [0.15, 0.2) is 0 Å². The smallest absolute Gasteiger partial charge is 0.319 e. The molecule has 0 bridgehead atoms. The topological polar surface area (TPSA) is 135 Å². The number of benzene rings is 2. The molecule has 2 aromatic heterocycles. The first-order valence-corrected chi connectivity index (χ1v) is 11.6. The van der Waals surface area contributed by atoms with Crippen LogP contribution in [0.25, 0.3) is 22.4 Å². The first kappa shape index (κ1) is 24.3. The van der Waals surface area contributed by atoms with Crippen molar-refractivity contribution in [3.05, 3.63) is 75.2 Å². The van der Waals surface area contributed by atoms with Crippen LogP contribution in [0.2, 0.25) is 5.02 Å². The van der Waals surface area contributed by atoms with Crippen LogP contribution in [0.1, 0.15) is 31.1 Å². The molecule has 2 aromatic carbocycles. The lowest BCUT2D eigenvalue weighted by Crippen LogP contribution is -2.34. The average Bonchev–Trinajstić information content (AvgIpc) is 3.21. The molecule has 0 saturated heterocycles. The van der Waals surface area contributed by atoms with E-state index in [1.807, 2.05) is 26.8 Å². The molecule has 0 fully saturated rings. The SMILES string of the molecule is Cc1cc(NC(=O)NC(C)C)cc2[nH]c(-c3c(NCC(O)c4cccc(Cl)c4)cc[nH]c3=O)nc12. The molecular weight excluding hydrogens is 468 g/mol. The van der Waals surface area contributed by atoms with Crippen LogP contribution in [-0.2, 0) is 0 Å². The maximum Gasteiger partial charge on any atom is 0.319 e. The number of rotatable bonds is 7. The summed E-state index contributed by atoms with van der Waals surface area (Å²) in [6.45, 7) is 5.81. The van der Waals surface area contributed by atoms with Gasteiger partial charge in [0, 0.05) is 29.5 Å². The molecule has 4 rings (SSSR count). The zero-order valence-corrected chi connectivity index (χ0v) is 20.3. The van der Waals surface area contributed by atoms with Crippen molar-refractivity contribution in [2.24, 2.45) is 0 Å². The highest BCUT2D eigenvalue weighted by molar-refractivity contribution is 6.30. The third-order valence-electron chi connectivity index (χ3n) is 5.37. The molecule has 6 N–H and O–H groups in total. The van der Waals surface area contributed by atoms with Gasteiger partial charge in [0.2, 0.25) is 0 Å². The Hall–Kier alpha value is -3.82. The van der Waals surface area contributed by atoms with E-state index in [9.17, 15) is 14.7 Å². The van der Waals surface area contributed by atoms with Gasteiger partial charge in [-0.05, 0) is 62.2 Å². The molecule has 0 aliphatic carbocycles. The molecule has 2 amide bonds. The number of pyridine rings is 1. The molecule has 1 unspecified atom stereocenters. The minimum Gasteiger partial charge on any atom is -0.387 e. The number of aliphatic hydroxyl groups is 1. The van der Waals surface area contributed by atoms with Gasteiger partial charge in [-0.3, -0.25) is 4.79 Å². The zero-order chi connectivity index (χ0) is 25.1. The van der Waals surface area contributed by atoms with Crippen molar-refractivity contribution in [1.82, 2.24) is 20.3 Å². The Bertz CT molecular complexity index is 1430. The van der Waals surface area contributed by atoms with E-state index in [-0.39, 0.29) is 24.2 Å². The van der Waals surface area contributed by atoms with Gasteiger partial charge in [0.1, 0.15) is 11.4 Å². The Labute approximate surface area is 207 Å². The van der Waals surface area contributed by atoms with Crippen LogP contribution in [0.3, 0.4) is 0 Å². The number of imidazole rings is 1. The first-order chi connectivity index (χ1) is 16.7. The maximum absolute atomic E-state index is 12.8. The van der Waals surface area contributed by atoms with E-state index in [0.717, 1.165) is 5.56 Å². The highest BCUT2D eigenvalue weighted by Crippen LogP contribution is 2.28. The standard InChI is InChI=1S/C25H27ClN6O3/c1-13(2)29-25(35)30-17-9-14(3)22-19(11-17)31-23(32-22)21-18(7-8-27-24(21)34)28-12-20(33)15-5-4-6-16(26)10-15/h4-11,13,20,33H,12H2,1-3H3,(H,31,32)(H2,27,28,34)(H2,29,30,35). The van der Waals surface area contributed by atoms with Gasteiger partial charge in [-0.15, -0.1) is 0 Å². The van der Waals surface area contributed by atoms with E-state index >= 15 is 0 Å². The number of halogens is 1. The minimum atomic E-state index is -0.829. The highest BCUT2D eigenvalue weighted by atomic mass is 35.5. The molecule has 0 aliphatic rings. The van der Waals surface area contributed by atoms with E-state index in [1.165, 1.54) is 6.20 Å². The van der Waals surface area contributed by atoms with Gasteiger partial charge in [0.05, 0.1) is 22.8 Å². The predicted molar refractivity (Wildman–Crippen MR) is 139 cm³/mol. The molecule has 0 aliphatic heterocycles. The molecule has 10 heteroatoms. The monoisotopic (exact) mass is 494 g/mol. The summed E-state index contributed by atoms with van der Waals surface area (Å²) in [7, 11) is 0. The third-order valence-corrected chi connectivity index (χ3v) is 5.61. The number of fused-ring (bicyclic) bond motifs is 1. The van der Waals surface area contributed by atoms with Crippen LogP contribution in [0.15, 0.2) is 53.5 Å². The lowest BCUT2D eigenvalue weighted by molar-refractivity contribution is 0.191. The van der Waals surface area contributed by atoms with E-state index in [4.69, 9.17) is 11.6 Å². The van der Waals surface area contributed by atoms with Crippen LogP contribution in [0.4, 0.5) is 16.2 Å². The fourth-order valence-corrected chi connectivity index (χ4v) is 4.01. The fraction of sp³-hybridized carbons (Fsp3) is 0.240. The molecule has 9 nitrogen and oxygen atoms in total. The molecule has 0 radical (unpaired) electrons. The normalized spacial score (nSPS) is 12.1. The van der Waals surface area contributed by atoms with Crippen LogP contribution in [0.5, 0.6) is 0 Å². The number of amides is 2. The van der Waals surface area contributed by atoms with Gasteiger partial charge in [-0.2, -0.15) is 0 Å². The van der Waals surface area contributed by atoms with Crippen LogP contribution in [-0.4, -0.2) is 38.7 Å². The second-order valence-electron chi connectivity index (χ2n) is 8.58. The molecule has 182 valence electrons. The molecule has 1 atom stereocenters. The summed E-state index contributed by atoms with van der Waals surface area (Å²) in [5, 5.41) is 19.9. The Kier molecular flexibility index (Phi) is 7.09. The Balaban J connectivity index is 1.62. The van der Waals surface area contributed by atoms with Gasteiger partial charge in [0.25, 0.3) is 5.56 Å². The Morgan fingerprint density at radius 1 is 1.20 bits per heavy atom. The van der Waals surface area contributed by atoms with Gasteiger partial charge in [-0.1, -0.05) is 23.7 Å². The lowest BCUT2D eigenvalue weighted by Gasteiger charge is -2.15. The van der Waals surface area contributed by atoms with Gasteiger partial charge < -0.3 is 31.0 Å². The number of carbonyl (C=O) groups excluding carboxylic acids is 1. The third kappa shape index (κ3) is 5.64. The van der Waals surface area contributed by atoms with Crippen LogP contribution >= 0.6 is 11.6 Å². The van der Waals surface area contributed by atoms with Crippen molar-refractivity contribution >= 4 is 40.0 Å². The Morgan fingerprint density at radius 2 is 2.00 bits per heavy atom. The van der Waals surface area contributed by atoms with Crippen molar-refractivity contribution in [3.8, 4) is 11.4 Å². The number of aryl methyl sites for hydroxylation is 1. The molecular formula is C25H27ClN6O3. The number of carbonyl (C=O) groups is 1. The number of hydrogen-bond acceptors (Lipinski definition) is 5. The molecule has 2 heterocycles. The fourth-order valence-electron chi connectivity index (χ4n) is 3.81. The number of nitrogens with one attached hydrogen (secondary N) is 5. The van der Waals surface area contributed by atoms with E-state index in [1.54, 1.807) is 36.4 Å². The summed E-state index contributed by atoms with van der Waals surface area (Å²) in [6, 6.07) is 12.0. The summed E-state index contributed by atoms with van der Waals surface area (Å²) in [5.41, 5.74) is 3.96. The van der Waals surface area contributed by atoms with Crippen molar-refractivity contribution in [3.63, 3.8) is 0 Å². The number of hydrogen-bond donors (Lipinski definition) is 6. The number of aromatic amines is 2. The number of H-pyrrole nitrogens is 2. The number of aromatic nitrogens is 3. The summed E-state index contributed by atoms with van der Waals surface area (Å²) in [4.78, 5) is 35.4. The number of anilines is 2. The highest BCUT2D eigenvalue weighted by Gasteiger charge is 2.17. The maximum atomic E-state index is 12.8. The van der Waals surface area contributed by atoms with E-state index < -0.39 is 6.10 Å². The largest absolute Gasteiger partial charge is 0.387 e. The van der Waals surface area contributed by atoms with Crippen molar-refractivity contribution in [2.75, 3.05) is 17.2 Å². The predicted octanol–water partition coefficient (Wildman–Crippen LogP) is 4.56. The minimum absolute atomic E-state index is 0.00621. The average molecular weight is 495 g/mol. The Morgan fingerprint density at radius 3 is 2.74 bits per heavy atom. The molecule has 0 spiro atoms. The summed E-state index contributed by atoms with van der Waals surface area (Å²) < 4.78 is 0. The van der Waals surface area contributed by atoms with Crippen molar-refractivity contribution in [1.29, 1.82) is 0 Å². The molecule has 4 aromatic rings. The second-order valence-corrected chi connectivity index (χ2v) is 9.01. The first-order valence-electron chi connectivity index (χ1n) is 11.2. The van der Waals surface area contributed by atoms with Crippen LogP contribution < -0.4 is 21.5 Å². The van der Waals surface area contributed by atoms with Crippen LogP contribution in [0, 0.1) is 6.92 Å². The van der Waals surface area contributed by atoms with E-state index in [0.29, 0.717) is 44.4 Å². The second kappa shape index (κ2) is 10.2. The zero-order valence-electron chi connectivity index (χ0n) is 19.6. The van der Waals surface area contributed by atoms with Gasteiger partial charge >= 0.3 is 6.03 Å². The summed E-state index contributed by atoms with van der Waals surface area (Å²) in [5.74, 6) is 0.369. The van der Waals surface area contributed by atoms with Crippen molar-refractivity contribution < 1.29 is 9.90 Å². The van der Waals surface area contributed by atoms with Crippen molar-refractivity contribution in [2.45, 2.75) is 32.9 Å². The molecule has 35 heavy (non-hydrogen) atoms. The number of urea groups is 1. The number of nitrogens with zero attached hydrogens (tertiary/aromatic N) is 1. The summed E-state index contributed by atoms with van der Waals surface area (Å²) in [6.07, 6.45) is 0.702.